The van der Waals surface area contributed by atoms with E-state index < -0.39 is 18.1 Å². The van der Waals surface area contributed by atoms with E-state index in [2.05, 4.69) is 20.3 Å². The molecule has 10 nitrogen and oxygen atoms in total. The Morgan fingerprint density at radius 3 is 2.79 bits per heavy atom. The Hall–Kier alpha value is -1.85. The summed E-state index contributed by atoms with van der Waals surface area (Å²) in [6.07, 6.45) is 3.52. The van der Waals surface area contributed by atoms with Crippen LogP contribution in [0, 0.1) is 0 Å². The van der Waals surface area contributed by atoms with E-state index in [0.29, 0.717) is 23.4 Å². The van der Waals surface area contributed by atoms with Gasteiger partial charge < -0.3 is 29.7 Å². The lowest BCUT2D eigenvalue weighted by molar-refractivity contribution is -0.199. The average Bonchev–Trinajstić information content (AvgIpc) is 3.38. The average molecular weight is 391 g/mol. The molecule has 3 fully saturated rings. The fourth-order valence-electron chi connectivity index (χ4n) is 4.46. The molecule has 0 bridgehead atoms. The molecule has 5 rings (SSSR count). The molecule has 152 valence electrons. The van der Waals surface area contributed by atoms with Crippen molar-refractivity contribution in [1.82, 2.24) is 19.5 Å². The zero-order valence-corrected chi connectivity index (χ0v) is 15.9. The van der Waals surface area contributed by atoms with Crippen molar-refractivity contribution >= 4 is 17.0 Å². The van der Waals surface area contributed by atoms with Gasteiger partial charge in [0.05, 0.1) is 19.0 Å². The van der Waals surface area contributed by atoms with Gasteiger partial charge in [-0.1, -0.05) is 0 Å². The first-order chi connectivity index (χ1) is 13.4. The van der Waals surface area contributed by atoms with Gasteiger partial charge in [-0.15, -0.1) is 0 Å². The number of rotatable bonds is 4. The number of nitrogens with zero attached hydrogens (tertiary/aromatic N) is 4. The first-order valence-corrected chi connectivity index (χ1v) is 9.69. The van der Waals surface area contributed by atoms with E-state index in [0.717, 1.165) is 12.8 Å². The Morgan fingerprint density at radius 1 is 1.21 bits per heavy atom. The van der Waals surface area contributed by atoms with E-state index in [-0.39, 0.29) is 31.0 Å². The Balaban J connectivity index is 1.46. The molecular formula is C18H25N5O5. The third-order valence-corrected chi connectivity index (χ3v) is 5.68. The number of aliphatic hydroxyl groups excluding tert-OH is 2. The number of hydrogen-bond donors (Lipinski definition) is 3. The fourth-order valence-corrected chi connectivity index (χ4v) is 4.46. The van der Waals surface area contributed by atoms with Crippen molar-refractivity contribution < 1.29 is 24.4 Å². The number of ether oxygens (including phenoxy) is 3. The van der Waals surface area contributed by atoms with Gasteiger partial charge in [0.25, 0.3) is 0 Å². The van der Waals surface area contributed by atoms with Crippen molar-refractivity contribution in [2.24, 2.45) is 0 Å². The molecule has 0 spiro atoms. The van der Waals surface area contributed by atoms with Crippen LogP contribution < -0.4 is 5.32 Å². The zero-order valence-electron chi connectivity index (χ0n) is 15.9. The molecular weight excluding hydrogens is 366 g/mol. The van der Waals surface area contributed by atoms with Crippen molar-refractivity contribution in [3.05, 3.63) is 12.7 Å². The van der Waals surface area contributed by atoms with Crippen LogP contribution in [0.1, 0.15) is 39.3 Å². The summed E-state index contributed by atoms with van der Waals surface area (Å²) in [6, 6.07) is 0.163. The molecule has 0 aromatic carbocycles. The molecule has 0 amide bonds. The first kappa shape index (κ1) is 18.2. The molecule has 2 aromatic heterocycles. The van der Waals surface area contributed by atoms with E-state index >= 15 is 0 Å². The summed E-state index contributed by atoms with van der Waals surface area (Å²) < 4.78 is 19.8. The second-order valence-corrected chi connectivity index (χ2v) is 8.17. The summed E-state index contributed by atoms with van der Waals surface area (Å²) in [7, 11) is 0. The minimum atomic E-state index is -0.744. The molecule has 10 heteroatoms. The quantitative estimate of drug-likeness (QED) is 0.686. The van der Waals surface area contributed by atoms with Crippen LogP contribution in [0.2, 0.25) is 0 Å². The van der Waals surface area contributed by atoms with Crippen LogP contribution in [-0.4, -0.2) is 72.6 Å². The molecule has 0 radical (unpaired) electrons. The van der Waals surface area contributed by atoms with Gasteiger partial charge in [0.15, 0.2) is 29.0 Å². The molecule has 3 aliphatic rings. The van der Waals surface area contributed by atoms with Crippen LogP contribution in [0.15, 0.2) is 12.7 Å². The topological polar surface area (TPSA) is 124 Å². The van der Waals surface area contributed by atoms with Crippen molar-refractivity contribution in [2.45, 2.75) is 75.6 Å². The Labute approximate surface area is 161 Å². The monoisotopic (exact) mass is 391 g/mol. The molecule has 2 saturated heterocycles. The largest absolute Gasteiger partial charge is 0.394 e. The van der Waals surface area contributed by atoms with E-state index in [4.69, 9.17) is 14.2 Å². The van der Waals surface area contributed by atoms with Gasteiger partial charge in [-0.3, -0.25) is 4.57 Å². The highest BCUT2D eigenvalue weighted by Gasteiger charge is 2.56. The predicted molar refractivity (Wildman–Crippen MR) is 97.4 cm³/mol. The third kappa shape index (κ3) is 2.96. The maximum absolute atomic E-state index is 9.76. The van der Waals surface area contributed by atoms with Crippen molar-refractivity contribution in [3.63, 3.8) is 0 Å². The maximum Gasteiger partial charge on any atom is 0.167 e. The van der Waals surface area contributed by atoms with Gasteiger partial charge in [0.2, 0.25) is 0 Å². The fraction of sp³-hybridized carbons (Fsp3) is 0.722. The highest BCUT2D eigenvalue weighted by Crippen LogP contribution is 2.43. The number of hydrogen-bond acceptors (Lipinski definition) is 9. The van der Waals surface area contributed by atoms with E-state index in [9.17, 15) is 10.2 Å². The second kappa shape index (κ2) is 6.60. The number of nitrogens with one attached hydrogen (secondary N) is 1. The molecule has 2 aromatic rings. The van der Waals surface area contributed by atoms with Gasteiger partial charge in [-0.05, 0) is 33.1 Å². The van der Waals surface area contributed by atoms with Crippen molar-refractivity contribution in [2.75, 3.05) is 11.9 Å². The highest BCUT2D eigenvalue weighted by atomic mass is 16.8. The molecule has 1 saturated carbocycles. The zero-order chi connectivity index (χ0) is 19.5. The summed E-state index contributed by atoms with van der Waals surface area (Å²) in [6.45, 7) is 3.54. The summed E-state index contributed by atoms with van der Waals surface area (Å²) in [4.78, 5) is 13.2. The van der Waals surface area contributed by atoms with Gasteiger partial charge >= 0.3 is 0 Å². The van der Waals surface area contributed by atoms with E-state index in [1.165, 1.54) is 6.33 Å². The van der Waals surface area contributed by atoms with Crippen LogP contribution in [-0.2, 0) is 14.2 Å². The Morgan fingerprint density at radius 2 is 2.04 bits per heavy atom. The maximum atomic E-state index is 9.76. The van der Waals surface area contributed by atoms with Crippen molar-refractivity contribution in [3.8, 4) is 0 Å². The lowest BCUT2D eigenvalue weighted by Crippen LogP contribution is -2.31. The summed E-state index contributed by atoms with van der Waals surface area (Å²) >= 11 is 0. The highest BCUT2D eigenvalue weighted by molar-refractivity contribution is 5.82. The normalized spacial score (nSPS) is 36.9. The molecule has 1 aliphatic carbocycles. The van der Waals surface area contributed by atoms with Gasteiger partial charge in [-0.25, -0.2) is 15.0 Å². The van der Waals surface area contributed by atoms with Gasteiger partial charge in [0, 0.05) is 6.04 Å². The van der Waals surface area contributed by atoms with Crippen LogP contribution in [0.4, 0.5) is 5.82 Å². The van der Waals surface area contributed by atoms with Gasteiger partial charge in [-0.2, -0.15) is 0 Å². The Bertz CT molecular complexity index is 873. The molecule has 4 heterocycles. The van der Waals surface area contributed by atoms with Crippen LogP contribution in [0.5, 0.6) is 0 Å². The number of aromatic nitrogens is 4. The summed E-state index contributed by atoms with van der Waals surface area (Å²) in [5.41, 5.74) is 1.25. The molecule has 3 N–H and O–H groups in total. The third-order valence-electron chi connectivity index (χ3n) is 5.68. The van der Waals surface area contributed by atoms with Crippen molar-refractivity contribution in [1.29, 1.82) is 0 Å². The molecule has 28 heavy (non-hydrogen) atoms. The smallest absolute Gasteiger partial charge is 0.167 e. The Kier molecular flexibility index (Phi) is 4.29. The SMILES string of the molecule is CC1(C)O[C@@H]2[C@H](O1)[C@@H](CO)O[C@H]2n1cnc2c(N[C@@H]3CC[C@@H](O)C3)ncnc21. The number of anilines is 1. The minimum Gasteiger partial charge on any atom is -0.394 e. The minimum absolute atomic E-state index is 0.157. The molecule has 0 unspecified atom stereocenters. The van der Waals surface area contributed by atoms with Crippen LogP contribution >= 0.6 is 0 Å². The lowest BCUT2D eigenvalue weighted by Gasteiger charge is -2.24. The van der Waals surface area contributed by atoms with Crippen LogP contribution in [0.25, 0.3) is 11.2 Å². The number of imidazole rings is 1. The molecule has 2 aliphatic heterocycles. The predicted octanol–water partition coefficient (Wildman–Crippen LogP) is 0.561. The van der Waals surface area contributed by atoms with Crippen LogP contribution in [0.3, 0.4) is 0 Å². The van der Waals surface area contributed by atoms with E-state index in [1.807, 2.05) is 18.4 Å². The second-order valence-electron chi connectivity index (χ2n) is 8.17. The molecule has 6 atom stereocenters. The van der Waals surface area contributed by atoms with E-state index in [1.54, 1.807) is 6.33 Å². The number of aliphatic hydroxyl groups is 2. The number of fused-ring (bicyclic) bond motifs is 2. The van der Waals surface area contributed by atoms with Gasteiger partial charge in [0.1, 0.15) is 24.6 Å². The summed E-state index contributed by atoms with van der Waals surface area (Å²) in [5.74, 6) is -0.105. The lowest BCUT2D eigenvalue weighted by atomic mass is 10.1. The summed E-state index contributed by atoms with van der Waals surface area (Å²) in [5, 5.41) is 22.8. The standard InChI is InChI=1S/C18H25N5O5/c1-18(2)27-13-11(6-24)26-17(14(13)28-18)23-8-21-12-15(19-7-20-16(12)23)22-9-3-4-10(25)5-9/h7-11,13-14,17,24-25H,3-6H2,1-2H3,(H,19,20,22)/t9-,10-,11-,13-,14-,17-/m1/s1. The first-order valence-electron chi connectivity index (χ1n) is 9.69.